The first-order valence-electron chi connectivity index (χ1n) is 9.89. The van der Waals surface area contributed by atoms with Crippen LogP contribution in [0.25, 0.3) is 0 Å². The zero-order valence-corrected chi connectivity index (χ0v) is 18.5. The number of hydrogen-bond acceptors (Lipinski definition) is 5. The lowest BCUT2D eigenvalue weighted by atomic mass is 9.74. The van der Waals surface area contributed by atoms with Crippen molar-refractivity contribution in [3.8, 4) is 0 Å². The first-order valence-corrected chi connectivity index (χ1v) is 11.7. The number of sulfonamides is 1. The summed E-state index contributed by atoms with van der Waals surface area (Å²) in [5.41, 5.74) is 3.24. The highest BCUT2D eigenvalue weighted by atomic mass is 32.2. The Labute approximate surface area is 184 Å². The smallest absolute Gasteiger partial charge is 0.475 e. The highest BCUT2D eigenvalue weighted by Gasteiger charge is 2.46. The normalized spacial score (nSPS) is 18.2. The molecule has 1 N–H and O–H groups in total. The van der Waals surface area contributed by atoms with Gasteiger partial charge in [-0.05, 0) is 37.6 Å². The SMILES string of the molecule is Cn1cc(CN2CCC3(CC2)CN(S(C)(=O)=O)c2ccccc23)cn1.O=C(O)C(F)(F)F. The van der Waals surface area contributed by atoms with Gasteiger partial charge in [0.15, 0.2) is 0 Å². The lowest BCUT2D eigenvalue weighted by Gasteiger charge is -2.39. The molecular weight excluding hydrogens is 449 g/mol. The van der Waals surface area contributed by atoms with Crippen LogP contribution in [-0.2, 0) is 33.8 Å². The zero-order chi connectivity index (χ0) is 23.7. The van der Waals surface area contributed by atoms with E-state index in [2.05, 4.69) is 22.3 Å². The number of nitrogens with zero attached hydrogens (tertiary/aromatic N) is 4. The predicted molar refractivity (Wildman–Crippen MR) is 112 cm³/mol. The van der Waals surface area contributed by atoms with Crippen LogP contribution in [0.15, 0.2) is 36.7 Å². The molecule has 4 rings (SSSR count). The number of carboxylic acids is 1. The van der Waals surface area contributed by atoms with E-state index in [0.717, 1.165) is 38.2 Å². The minimum absolute atomic E-state index is 0.0505. The molecule has 1 spiro atoms. The monoisotopic (exact) mass is 474 g/mol. The lowest BCUT2D eigenvalue weighted by molar-refractivity contribution is -0.192. The van der Waals surface area contributed by atoms with Crippen LogP contribution < -0.4 is 4.31 Å². The number of hydrogen-bond donors (Lipinski definition) is 1. The summed E-state index contributed by atoms with van der Waals surface area (Å²) >= 11 is 0. The van der Waals surface area contributed by atoms with E-state index in [-0.39, 0.29) is 5.41 Å². The van der Waals surface area contributed by atoms with E-state index in [1.165, 1.54) is 17.4 Å². The van der Waals surface area contributed by atoms with Crippen molar-refractivity contribution in [3.63, 3.8) is 0 Å². The van der Waals surface area contributed by atoms with Gasteiger partial charge < -0.3 is 5.11 Å². The first kappa shape index (κ1) is 24.1. The second kappa shape index (κ2) is 8.74. The van der Waals surface area contributed by atoms with Gasteiger partial charge in [-0.25, -0.2) is 13.2 Å². The molecule has 0 bridgehead atoms. The van der Waals surface area contributed by atoms with Gasteiger partial charge in [-0.1, -0.05) is 18.2 Å². The molecule has 176 valence electrons. The third kappa shape index (κ3) is 5.23. The molecule has 2 aliphatic rings. The summed E-state index contributed by atoms with van der Waals surface area (Å²) in [4.78, 5) is 11.3. The van der Waals surface area contributed by atoms with Crippen molar-refractivity contribution in [3.05, 3.63) is 47.8 Å². The van der Waals surface area contributed by atoms with Crippen LogP contribution in [0.2, 0.25) is 0 Å². The van der Waals surface area contributed by atoms with Crippen molar-refractivity contribution in [2.75, 3.05) is 30.2 Å². The molecule has 1 saturated heterocycles. The molecule has 0 aliphatic carbocycles. The Kier molecular flexibility index (Phi) is 6.57. The maximum atomic E-state index is 12.2. The number of aryl methyl sites for hydroxylation is 1. The number of rotatable bonds is 3. The molecule has 2 aliphatic heterocycles. The Hall–Kier alpha value is -2.60. The fourth-order valence-electron chi connectivity index (χ4n) is 4.26. The molecule has 3 heterocycles. The second-order valence-electron chi connectivity index (χ2n) is 8.17. The van der Waals surface area contributed by atoms with Crippen LogP contribution in [-0.4, -0.2) is 66.2 Å². The van der Waals surface area contributed by atoms with Crippen molar-refractivity contribution in [2.45, 2.75) is 31.0 Å². The molecule has 0 saturated carbocycles. The van der Waals surface area contributed by atoms with Gasteiger partial charge in [0.1, 0.15) is 0 Å². The van der Waals surface area contributed by atoms with Gasteiger partial charge in [-0.2, -0.15) is 18.3 Å². The third-order valence-electron chi connectivity index (χ3n) is 5.81. The van der Waals surface area contributed by atoms with E-state index in [1.54, 1.807) is 4.31 Å². The highest BCUT2D eigenvalue weighted by molar-refractivity contribution is 7.92. The minimum Gasteiger partial charge on any atom is -0.475 e. The number of para-hydroxylation sites is 1. The van der Waals surface area contributed by atoms with Gasteiger partial charge in [0.2, 0.25) is 10.0 Å². The largest absolute Gasteiger partial charge is 0.490 e. The number of anilines is 1. The number of halogens is 3. The van der Waals surface area contributed by atoms with Crippen molar-refractivity contribution >= 4 is 21.7 Å². The first-order chi connectivity index (χ1) is 14.8. The van der Waals surface area contributed by atoms with Gasteiger partial charge in [-0.15, -0.1) is 0 Å². The van der Waals surface area contributed by atoms with E-state index in [0.29, 0.717) is 6.54 Å². The third-order valence-corrected chi connectivity index (χ3v) is 6.94. The Morgan fingerprint density at radius 2 is 1.81 bits per heavy atom. The number of carboxylic acid groups (broad SMARTS) is 1. The van der Waals surface area contributed by atoms with Gasteiger partial charge in [0.05, 0.1) is 18.1 Å². The lowest BCUT2D eigenvalue weighted by Crippen LogP contribution is -2.45. The Balaban J connectivity index is 0.000000360. The average molecular weight is 475 g/mol. The molecule has 0 amide bonds. The summed E-state index contributed by atoms with van der Waals surface area (Å²) in [6.07, 6.45) is 2.16. The summed E-state index contributed by atoms with van der Waals surface area (Å²) in [5, 5.41) is 11.4. The maximum Gasteiger partial charge on any atom is 0.490 e. The number of aromatic nitrogens is 2. The number of carbonyl (C=O) groups is 1. The Bertz CT molecular complexity index is 1080. The van der Waals surface area contributed by atoms with E-state index in [9.17, 15) is 21.6 Å². The van der Waals surface area contributed by atoms with Crippen LogP contribution in [0.4, 0.5) is 18.9 Å². The summed E-state index contributed by atoms with van der Waals surface area (Å²) < 4.78 is 59.6. The van der Waals surface area contributed by atoms with Crippen molar-refractivity contribution in [1.82, 2.24) is 14.7 Å². The summed E-state index contributed by atoms with van der Waals surface area (Å²) in [7, 11) is -1.31. The maximum absolute atomic E-state index is 12.2. The van der Waals surface area contributed by atoms with E-state index >= 15 is 0 Å². The molecule has 0 unspecified atom stereocenters. The molecule has 8 nitrogen and oxygen atoms in total. The van der Waals surface area contributed by atoms with Crippen molar-refractivity contribution in [2.24, 2.45) is 7.05 Å². The topological polar surface area (TPSA) is 95.7 Å². The van der Waals surface area contributed by atoms with Gasteiger partial charge in [0.25, 0.3) is 0 Å². The molecule has 0 atom stereocenters. The van der Waals surface area contributed by atoms with Crippen LogP contribution in [0.3, 0.4) is 0 Å². The van der Waals surface area contributed by atoms with Crippen LogP contribution >= 0.6 is 0 Å². The van der Waals surface area contributed by atoms with Gasteiger partial charge in [-0.3, -0.25) is 13.9 Å². The minimum atomic E-state index is -5.08. The second-order valence-corrected chi connectivity index (χ2v) is 10.1. The van der Waals surface area contributed by atoms with Crippen LogP contribution in [0, 0.1) is 0 Å². The predicted octanol–water partition coefficient (Wildman–Crippen LogP) is 2.37. The van der Waals surface area contributed by atoms with E-state index < -0.39 is 22.2 Å². The summed E-state index contributed by atoms with van der Waals surface area (Å²) in [6.45, 7) is 3.43. The van der Waals surface area contributed by atoms with Crippen molar-refractivity contribution < 1.29 is 31.5 Å². The number of fused-ring (bicyclic) bond motifs is 2. The van der Waals surface area contributed by atoms with Crippen molar-refractivity contribution in [1.29, 1.82) is 0 Å². The molecule has 32 heavy (non-hydrogen) atoms. The summed E-state index contributed by atoms with van der Waals surface area (Å²) in [5.74, 6) is -2.76. The Morgan fingerprint density at radius 1 is 1.22 bits per heavy atom. The quantitative estimate of drug-likeness (QED) is 0.734. The molecule has 1 aromatic carbocycles. The summed E-state index contributed by atoms with van der Waals surface area (Å²) in [6, 6.07) is 7.99. The molecule has 1 fully saturated rings. The molecule has 12 heteroatoms. The standard InChI is InChI=1S/C18H24N4O2S.C2HF3O2/c1-20-12-15(11-19-20)13-21-9-7-18(8-10-21)14-22(25(2,23)24)17-6-4-3-5-16(17)18;3-2(4,5)1(6)7/h3-6,11-12H,7-10,13-14H2,1-2H3;(H,6,7). The fourth-order valence-corrected chi connectivity index (χ4v) is 5.26. The van der Waals surface area contributed by atoms with E-state index in [1.807, 2.05) is 36.1 Å². The number of likely N-dealkylation sites (tertiary alicyclic amines) is 1. The van der Waals surface area contributed by atoms with Gasteiger partial charge >= 0.3 is 12.1 Å². The molecule has 2 aromatic rings. The average Bonchev–Trinajstić information content (AvgIpc) is 3.25. The Morgan fingerprint density at radius 3 is 2.31 bits per heavy atom. The number of alkyl halides is 3. The zero-order valence-electron chi connectivity index (χ0n) is 17.7. The number of piperidine rings is 1. The fraction of sp³-hybridized carbons (Fsp3) is 0.500. The number of benzene rings is 1. The highest BCUT2D eigenvalue weighted by Crippen LogP contribution is 2.47. The van der Waals surface area contributed by atoms with Crippen LogP contribution in [0.5, 0.6) is 0 Å². The van der Waals surface area contributed by atoms with Crippen LogP contribution in [0.1, 0.15) is 24.0 Å². The molecular formula is C20H25F3N4O4S. The number of aliphatic carboxylic acids is 1. The molecule has 0 radical (unpaired) electrons. The molecule has 1 aromatic heterocycles. The van der Waals surface area contributed by atoms with Gasteiger partial charge in [0, 0.05) is 37.3 Å². The van der Waals surface area contributed by atoms with E-state index in [4.69, 9.17) is 9.90 Å².